The van der Waals surface area contributed by atoms with Gasteiger partial charge in [-0.05, 0) is 32.3 Å². The molecule has 2 amide bonds. The molecule has 0 radical (unpaired) electrons. The van der Waals surface area contributed by atoms with Crippen LogP contribution in [0, 0.1) is 12.8 Å². The number of esters is 1. The third-order valence-electron chi connectivity index (χ3n) is 4.87. The van der Waals surface area contributed by atoms with E-state index in [1.807, 2.05) is 31.2 Å². The molecule has 0 bridgehead atoms. The largest absolute Gasteiger partial charge is 0.469 e. The van der Waals surface area contributed by atoms with Crippen LogP contribution in [0.4, 0.5) is 0 Å². The Morgan fingerprint density at radius 3 is 2.31 bits per heavy atom. The molecular formula is C20H28N2O4. The summed E-state index contributed by atoms with van der Waals surface area (Å²) in [6.45, 7) is 3.63. The Balaban J connectivity index is 2.00. The highest BCUT2D eigenvalue weighted by Gasteiger charge is 2.27. The van der Waals surface area contributed by atoms with Gasteiger partial charge in [0.2, 0.25) is 11.8 Å². The molecule has 0 spiro atoms. The molecule has 2 N–H and O–H groups in total. The number of nitrogens with one attached hydrogen (secondary N) is 2. The van der Waals surface area contributed by atoms with Gasteiger partial charge in [0.25, 0.3) is 0 Å². The molecular weight excluding hydrogens is 332 g/mol. The van der Waals surface area contributed by atoms with Gasteiger partial charge in [0.05, 0.1) is 19.6 Å². The third kappa shape index (κ3) is 5.58. The minimum atomic E-state index is -0.659. The lowest BCUT2D eigenvalue weighted by atomic mass is 10.0. The van der Waals surface area contributed by atoms with Crippen molar-refractivity contribution in [2.75, 3.05) is 7.11 Å². The van der Waals surface area contributed by atoms with Crippen LogP contribution < -0.4 is 10.6 Å². The molecule has 1 aliphatic rings. The molecule has 1 aliphatic carbocycles. The number of hydrogen-bond acceptors (Lipinski definition) is 4. The summed E-state index contributed by atoms with van der Waals surface area (Å²) in [5.41, 5.74) is 1.91. The highest BCUT2D eigenvalue weighted by molar-refractivity contribution is 5.88. The maximum absolute atomic E-state index is 12.5. The zero-order valence-electron chi connectivity index (χ0n) is 15.7. The number of amides is 2. The van der Waals surface area contributed by atoms with Crippen LogP contribution in [-0.2, 0) is 19.1 Å². The van der Waals surface area contributed by atoms with Crippen molar-refractivity contribution in [1.82, 2.24) is 10.6 Å². The van der Waals surface area contributed by atoms with E-state index in [2.05, 4.69) is 10.6 Å². The zero-order valence-corrected chi connectivity index (χ0v) is 15.7. The number of methoxy groups -OCH3 is 1. The van der Waals surface area contributed by atoms with Crippen LogP contribution in [0.1, 0.15) is 56.2 Å². The quantitative estimate of drug-likeness (QED) is 0.732. The Morgan fingerprint density at radius 1 is 1.12 bits per heavy atom. The topological polar surface area (TPSA) is 84.5 Å². The number of carbonyl (C=O) groups is 3. The van der Waals surface area contributed by atoms with Gasteiger partial charge in [0.1, 0.15) is 6.04 Å². The Kier molecular flexibility index (Phi) is 7.18. The smallest absolute Gasteiger partial charge is 0.307 e. The van der Waals surface area contributed by atoms with Gasteiger partial charge in [-0.2, -0.15) is 0 Å². The van der Waals surface area contributed by atoms with Gasteiger partial charge < -0.3 is 15.4 Å². The summed E-state index contributed by atoms with van der Waals surface area (Å²) in [7, 11) is 1.32. The Morgan fingerprint density at radius 2 is 1.73 bits per heavy atom. The molecule has 1 saturated carbocycles. The second kappa shape index (κ2) is 9.36. The van der Waals surface area contributed by atoms with E-state index in [1.165, 1.54) is 7.11 Å². The summed E-state index contributed by atoms with van der Waals surface area (Å²) in [6.07, 6.45) is 3.93. The first kappa shape index (κ1) is 19.9. The monoisotopic (exact) mass is 360 g/mol. The third-order valence-corrected chi connectivity index (χ3v) is 4.87. The van der Waals surface area contributed by atoms with Crippen molar-refractivity contribution in [1.29, 1.82) is 0 Å². The standard InChI is InChI=1S/C20H28N2O4/c1-13-8-10-15(11-9-13)17(12-18(23)26-3)22-19(24)14(2)21-20(25)16-6-4-5-7-16/h8-11,14,16-17H,4-7,12H2,1-3H3,(H,21,25)(H,22,24)/t14-,17+/m0/s1. The van der Waals surface area contributed by atoms with E-state index in [0.29, 0.717) is 0 Å². The van der Waals surface area contributed by atoms with E-state index < -0.39 is 18.1 Å². The molecule has 1 fully saturated rings. The van der Waals surface area contributed by atoms with E-state index in [4.69, 9.17) is 4.74 Å². The van der Waals surface area contributed by atoms with Gasteiger partial charge in [-0.15, -0.1) is 0 Å². The fourth-order valence-electron chi connectivity index (χ4n) is 3.18. The van der Waals surface area contributed by atoms with Crippen molar-refractivity contribution in [2.24, 2.45) is 5.92 Å². The van der Waals surface area contributed by atoms with E-state index in [9.17, 15) is 14.4 Å². The van der Waals surface area contributed by atoms with Gasteiger partial charge in [0.15, 0.2) is 0 Å². The van der Waals surface area contributed by atoms with Crippen LogP contribution >= 0.6 is 0 Å². The van der Waals surface area contributed by atoms with Crippen molar-refractivity contribution in [3.05, 3.63) is 35.4 Å². The number of hydrogen-bond donors (Lipinski definition) is 2. The number of rotatable bonds is 7. The van der Waals surface area contributed by atoms with Crippen LogP contribution in [0.5, 0.6) is 0 Å². The molecule has 0 saturated heterocycles. The molecule has 0 unspecified atom stereocenters. The summed E-state index contributed by atoms with van der Waals surface area (Å²) in [5, 5.41) is 5.65. The van der Waals surface area contributed by atoms with Gasteiger partial charge in [-0.1, -0.05) is 42.7 Å². The van der Waals surface area contributed by atoms with E-state index in [-0.39, 0.29) is 24.2 Å². The first-order valence-corrected chi connectivity index (χ1v) is 9.15. The molecule has 0 heterocycles. The fourth-order valence-corrected chi connectivity index (χ4v) is 3.18. The first-order chi connectivity index (χ1) is 12.4. The molecule has 6 heteroatoms. The van der Waals surface area contributed by atoms with Crippen molar-refractivity contribution in [3.8, 4) is 0 Å². The molecule has 1 aromatic rings. The van der Waals surface area contributed by atoms with Crippen molar-refractivity contribution < 1.29 is 19.1 Å². The van der Waals surface area contributed by atoms with Crippen LogP contribution in [0.15, 0.2) is 24.3 Å². The SMILES string of the molecule is COC(=O)C[C@@H](NC(=O)[C@H](C)NC(=O)C1CCCC1)c1ccc(C)cc1. The van der Waals surface area contributed by atoms with Gasteiger partial charge in [0, 0.05) is 5.92 Å². The first-order valence-electron chi connectivity index (χ1n) is 9.15. The Bertz CT molecular complexity index is 636. The average molecular weight is 360 g/mol. The summed E-state index contributed by atoms with van der Waals surface area (Å²) in [6, 6.07) is 6.46. The lowest BCUT2D eigenvalue weighted by Gasteiger charge is -2.22. The molecule has 0 aromatic heterocycles. The molecule has 0 aliphatic heterocycles. The number of benzene rings is 1. The highest BCUT2D eigenvalue weighted by Crippen LogP contribution is 2.25. The highest BCUT2D eigenvalue weighted by atomic mass is 16.5. The molecule has 6 nitrogen and oxygen atoms in total. The number of aryl methyl sites for hydroxylation is 1. The lowest BCUT2D eigenvalue weighted by molar-refractivity contribution is -0.141. The van der Waals surface area contributed by atoms with Gasteiger partial charge in [-0.25, -0.2) is 0 Å². The average Bonchev–Trinajstić information content (AvgIpc) is 3.16. The van der Waals surface area contributed by atoms with E-state index in [0.717, 1.165) is 36.8 Å². The van der Waals surface area contributed by atoms with Gasteiger partial charge >= 0.3 is 5.97 Å². The maximum atomic E-state index is 12.5. The zero-order chi connectivity index (χ0) is 19.1. The summed E-state index contributed by atoms with van der Waals surface area (Å²) in [5.74, 6) is -0.775. The Hall–Kier alpha value is -2.37. The lowest BCUT2D eigenvalue weighted by Crippen LogP contribution is -2.47. The van der Waals surface area contributed by atoms with Crippen LogP contribution in [-0.4, -0.2) is 30.9 Å². The van der Waals surface area contributed by atoms with Gasteiger partial charge in [-0.3, -0.25) is 14.4 Å². The van der Waals surface area contributed by atoms with Crippen molar-refractivity contribution in [3.63, 3.8) is 0 Å². The Labute approximate surface area is 154 Å². The minimum absolute atomic E-state index is 0.00761. The molecule has 1 aromatic carbocycles. The predicted molar refractivity (Wildman–Crippen MR) is 98.3 cm³/mol. The number of ether oxygens (including phenoxy) is 1. The molecule has 142 valence electrons. The van der Waals surface area contributed by atoms with Crippen LogP contribution in [0.3, 0.4) is 0 Å². The summed E-state index contributed by atoms with van der Waals surface area (Å²) in [4.78, 5) is 36.5. The summed E-state index contributed by atoms with van der Waals surface area (Å²) < 4.78 is 4.74. The second-order valence-corrected chi connectivity index (χ2v) is 6.96. The number of carbonyl (C=O) groups excluding carboxylic acids is 3. The van der Waals surface area contributed by atoms with Crippen LogP contribution in [0.2, 0.25) is 0 Å². The maximum Gasteiger partial charge on any atom is 0.307 e. The van der Waals surface area contributed by atoms with Crippen molar-refractivity contribution in [2.45, 2.75) is 58.0 Å². The molecule has 26 heavy (non-hydrogen) atoms. The van der Waals surface area contributed by atoms with E-state index in [1.54, 1.807) is 6.92 Å². The summed E-state index contributed by atoms with van der Waals surface area (Å²) >= 11 is 0. The predicted octanol–water partition coefficient (Wildman–Crippen LogP) is 2.41. The van der Waals surface area contributed by atoms with Crippen LogP contribution in [0.25, 0.3) is 0 Å². The van der Waals surface area contributed by atoms with Crippen molar-refractivity contribution >= 4 is 17.8 Å². The fraction of sp³-hybridized carbons (Fsp3) is 0.550. The minimum Gasteiger partial charge on any atom is -0.469 e. The molecule has 2 rings (SSSR count). The molecule has 2 atom stereocenters. The normalized spacial score (nSPS) is 16.6. The van der Waals surface area contributed by atoms with E-state index >= 15 is 0 Å². The second-order valence-electron chi connectivity index (χ2n) is 6.96.